The van der Waals surface area contributed by atoms with Crippen LogP contribution < -0.4 is 19.5 Å². The van der Waals surface area contributed by atoms with Crippen LogP contribution in [0.1, 0.15) is 21.5 Å². The third-order valence-electron chi connectivity index (χ3n) is 3.61. The van der Waals surface area contributed by atoms with E-state index in [1.807, 2.05) is 50.2 Å². The van der Waals surface area contributed by atoms with Crippen molar-refractivity contribution in [3.63, 3.8) is 0 Å². The number of carbonyl (C=O) groups excluding carboxylic acids is 1. The number of carbonyl (C=O) groups is 1. The molecule has 0 aliphatic heterocycles. The first-order valence-corrected chi connectivity index (χ1v) is 7.75. The molecule has 0 spiro atoms. The van der Waals surface area contributed by atoms with E-state index < -0.39 is 0 Å². The molecule has 1 N–H and O–H groups in total. The fourth-order valence-corrected chi connectivity index (χ4v) is 2.47. The van der Waals surface area contributed by atoms with Gasteiger partial charge in [-0.3, -0.25) is 4.79 Å². The predicted octanol–water partition coefficient (Wildman–Crippen LogP) is 3.13. The van der Waals surface area contributed by atoms with E-state index in [9.17, 15) is 4.79 Å². The number of ether oxygens (including phenoxy) is 3. The second-order valence-electron chi connectivity index (χ2n) is 5.44. The number of hydrogen-bond donors (Lipinski definition) is 1. The van der Waals surface area contributed by atoms with E-state index in [-0.39, 0.29) is 5.91 Å². The average molecular weight is 329 g/mol. The maximum atomic E-state index is 12.4. The van der Waals surface area contributed by atoms with Crippen molar-refractivity contribution < 1.29 is 19.0 Å². The van der Waals surface area contributed by atoms with Crippen LogP contribution in [0.3, 0.4) is 0 Å². The van der Waals surface area contributed by atoms with Crippen LogP contribution in [0.2, 0.25) is 0 Å². The zero-order valence-corrected chi connectivity index (χ0v) is 14.5. The van der Waals surface area contributed by atoms with Crippen LogP contribution in [0.15, 0.2) is 36.4 Å². The summed E-state index contributed by atoms with van der Waals surface area (Å²) >= 11 is 0. The minimum Gasteiger partial charge on any atom is -0.497 e. The minimum atomic E-state index is -0.164. The van der Waals surface area contributed by atoms with Gasteiger partial charge in [0.2, 0.25) is 0 Å². The van der Waals surface area contributed by atoms with Crippen LogP contribution in [0.5, 0.6) is 17.2 Å². The highest BCUT2D eigenvalue weighted by Crippen LogP contribution is 2.24. The summed E-state index contributed by atoms with van der Waals surface area (Å²) in [6.07, 6.45) is 0. The van der Waals surface area contributed by atoms with Gasteiger partial charge in [-0.25, -0.2) is 0 Å². The van der Waals surface area contributed by atoms with Crippen molar-refractivity contribution in [2.75, 3.05) is 27.4 Å². The summed E-state index contributed by atoms with van der Waals surface area (Å²) in [5, 5.41) is 2.86. The van der Waals surface area contributed by atoms with Gasteiger partial charge in [0.25, 0.3) is 5.91 Å². The fraction of sp³-hybridized carbons (Fsp3) is 0.316. The van der Waals surface area contributed by atoms with Crippen LogP contribution in [-0.4, -0.2) is 33.3 Å². The first-order chi connectivity index (χ1) is 11.5. The maximum Gasteiger partial charge on any atom is 0.255 e. The van der Waals surface area contributed by atoms with E-state index in [1.165, 1.54) is 0 Å². The second kappa shape index (κ2) is 8.24. The van der Waals surface area contributed by atoms with Crippen LogP contribution in [0, 0.1) is 13.8 Å². The number of hydrogen-bond acceptors (Lipinski definition) is 4. The fourth-order valence-electron chi connectivity index (χ4n) is 2.47. The summed E-state index contributed by atoms with van der Waals surface area (Å²) < 4.78 is 16.0. The Kier molecular flexibility index (Phi) is 6.07. The van der Waals surface area contributed by atoms with Gasteiger partial charge in [0.15, 0.2) is 0 Å². The average Bonchev–Trinajstić information content (AvgIpc) is 2.58. The molecule has 5 nitrogen and oxygen atoms in total. The molecule has 0 unspecified atom stereocenters. The lowest BCUT2D eigenvalue weighted by Gasteiger charge is -2.13. The number of amides is 1. The van der Waals surface area contributed by atoms with Crippen molar-refractivity contribution in [3.8, 4) is 17.2 Å². The smallest absolute Gasteiger partial charge is 0.255 e. The van der Waals surface area contributed by atoms with E-state index in [4.69, 9.17) is 14.2 Å². The second-order valence-corrected chi connectivity index (χ2v) is 5.44. The van der Waals surface area contributed by atoms with Crippen molar-refractivity contribution in [2.24, 2.45) is 0 Å². The Morgan fingerprint density at radius 3 is 2.29 bits per heavy atom. The lowest BCUT2D eigenvalue weighted by Crippen LogP contribution is -2.29. The lowest BCUT2D eigenvalue weighted by molar-refractivity contribution is 0.0943. The number of methoxy groups -OCH3 is 2. The Labute approximate surface area is 142 Å². The van der Waals surface area contributed by atoms with Crippen LogP contribution >= 0.6 is 0 Å². The molecule has 0 saturated carbocycles. The highest BCUT2D eigenvalue weighted by molar-refractivity contribution is 5.98. The molecule has 24 heavy (non-hydrogen) atoms. The standard InChI is InChI=1S/C19H23NO4/c1-13-11-14(2)18(17(12-13)23-4)19(21)20-9-10-24-16-7-5-15(22-3)6-8-16/h5-8,11-12H,9-10H2,1-4H3,(H,20,21). The molecule has 0 saturated heterocycles. The Hall–Kier alpha value is -2.69. The quantitative estimate of drug-likeness (QED) is 0.793. The summed E-state index contributed by atoms with van der Waals surface area (Å²) in [4.78, 5) is 12.4. The van der Waals surface area contributed by atoms with Crippen LogP contribution in [0.4, 0.5) is 0 Å². The molecule has 2 aromatic rings. The third kappa shape index (κ3) is 4.41. The predicted molar refractivity (Wildman–Crippen MR) is 93.3 cm³/mol. The van der Waals surface area contributed by atoms with E-state index in [0.29, 0.717) is 24.5 Å². The molecule has 0 aliphatic rings. The van der Waals surface area contributed by atoms with Gasteiger partial charge in [-0.05, 0) is 55.3 Å². The summed E-state index contributed by atoms with van der Waals surface area (Å²) in [7, 11) is 3.19. The molecular formula is C19H23NO4. The summed E-state index contributed by atoms with van der Waals surface area (Å²) in [5.74, 6) is 1.93. The highest BCUT2D eigenvalue weighted by Gasteiger charge is 2.15. The molecule has 128 valence electrons. The molecule has 0 heterocycles. The van der Waals surface area contributed by atoms with Gasteiger partial charge in [0.05, 0.1) is 26.3 Å². The first-order valence-electron chi connectivity index (χ1n) is 7.75. The van der Waals surface area contributed by atoms with Crippen molar-refractivity contribution >= 4 is 5.91 Å². The lowest BCUT2D eigenvalue weighted by atomic mass is 10.0. The zero-order valence-electron chi connectivity index (χ0n) is 14.5. The Balaban J connectivity index is 1.89. The maximum absolute atomic E-state index is 12.4. The highest BCUT2D eigenvalue weighted by atomic mass is 16.5. The molecule has 0 aliphatic carbocycles. The largest absolute Gasteiger partial charge is 0.497 e. The molecule has 1 amide bonds. The number of benzene rings is 2. The molecule has 0 bridgehead atoms. The van der Waals surface area contributed by atoms with Gasteiger partial charge in [0, 0.05) is 0 Å². The summed E-state index contributed by atoms with van der Waals surface area (Å²) in [6.45, 7) is 4.66. The monoisotopic (exact) mass is 329 g/mol. The van der Waals surface area contributed by atoms with Gasteiger partial charge in [-0.2, -0.15) is 0 Å². The SMILES string of the molecule is COc1ccc(OCCNC(=O)c2c(C)cc(C)cc2OC)cc1. The third-order valence-corrected chi connectivity index (χ3v) is 3.61. The van der Waals surface area contributed by atoms with E-state index in [2.05, 4.69) is 5.32 Å². The van der Waals surface area contributed by atoms with Crippen molar-refractivity contribution in [1.29, 1.82) is 0 Å². The van der Waals surface area contributed by atoms with Crippen molar-refractivity contribution in [3.05, 3.63) is 53.1 Å². The molecular weight excluding hydrogens is 306 g/mol. The molecule has 0 atom stereocenters. The Morgan fingerprint density at radius 2 is 1.67 bits per heavy atom. The molecule has 0 fully saturated rings. The molecule has 5 heteroatoms. The van der Waals surface area contributed by atoms with Gasteiger partial charge >= 0.3 is 0 Å². The van der Waals surface area contributed by atoms with E-state index in [0.717, 1.165) is 22.6 Å². The van der Waals surface area contributed by atoms with Crippen LogP contribution in [0.25, 0.3) is 0 Å². The van der Waals surface area contributed by atoms with Gasteiger partial charge in [-0.15, -0.1) is 0 Å². The molecule has 2 aromatic carbocycles. The van der Waals surface area contributed by atoms with Gasteiger partial charge in [0.1, 0.15) is 23.9 Å². The van der Waals surface area contributed by atoms with E-state index in [1.54, 1.807) is 14.2 Å². The number of nitrogens with one attached hydrogen (secondary N) is 1. The topological polar surface area (TPSA) is 56.8 Å². The normalized spacial score (nSPS) is 10.2. The Morgan fingerprint density at radius 1 is 1.00 bits per heavy atom. The van der Waals surface area contributed by atoms with Crippen molar-refractivity contribution in [1.82, 2.24) is 5.32 Å². The first kappa shape index (κ1) is 17.7. The number of aryl methyl sites for hydroxylation is 2. The molecule has 0 radical (unpaired) electrons. The van der Waals surface area contributed by atoms with Crippen molar-refractivity contribution in [2.45, 2.75) is 13.8 Å². The Bertz CT molecular complexity index is 695. The summed E-state index contributed by atoms with van der Waals surface area (Å²) in [5.41, 5.74) is 2.51. The molecule has 0 aromatic heterocycles. The zero-order chi connectivity index (χ0) is 17.5. The molecule has 2 rings (SSSR count). The number of rotatable bonds is 7. The summed E-state index contributed by atoms with van der Waals surface area (Å²) in [6, 6.07) is 11.1. The van der Waals surface area contributed by atoms with Gasteiger partial charge in [-0.1, -0.05) is 6.07 Å². The van der Waals surface area contributed by atoms with E-state index >= 15 is 0 Å². The van der Waals surface area contributed by atoms with Crippen LogP contribution in [-0.2, 0) is 0 Å². The van der Waals surface area contributed by atoms with Gasteiger partial charge < -0.3 is 19.5 Å². The minimum absolute atomic E-state index is 0.164.